The van der Waals surface area contributed by atoms with Gasteiger partial charge < -0.3 is 5.32 Å². The van der Waals surface area contributed by atoms with Crippen LogP contribution in [0, 0.1) is 6.92 Å². The van der Waals surface area contributed by atoms with Crippen LogP contribution in [0.2, 0.25) is 0 Å². The van der Waals surface area contributed by atoms with Crippen LogP contribution in [0.3, 0.4) is 0 Å². The van der Waals surface area contributed by atoms with Crippen LogP contribution >= 0.6 is 0 Å². The van der Waals surface area contributed by atoms with Crippen molar-refractivity contribution in [1.29, 1.82) is 0 Å². The number of aromatic amines is 1. The lowest BCUT2D eigenvalue weighted by molar-refractivity contribution is 0.575. The number of aromatic nitrogens is 2. The first-order valence-corrected chi connectivity index (χ1v) is 6.76. The van der Waals surface area contributed by atoms with Crippen molar-refractivity contribution < 1.29 is 8.42 Å². The minimum absolute atomic E-state index is 0.211. The first-order valence-electron chi connectivity index (χ1n) is 5.28. The highest BCUT2D eigenvalue weighted by Crippen LogP contribution is 2.09. The van der Waals surface area contributed by atoms with Crippen molar-refractivity contribution in [2.75, 3.05) is 19.6 Å². The Balaban J connectivity index is 2.45. The minimum Gasteiger partial charge on any atom is -0.315 e. The molecular formula is C9H18N4O2S. The van der Waals surface area contributed by atoms with Crippen molar-refractivity contribution in [3.8, 4) is 0 Å². The normalized spacial score (nSPS) is 11.9. The summed E-state index contributed by atoms with van der Waals surface area (Å²) in [6.45, 7) is 5.65. The second kappa shape index (κ2) is 5.97. The van der Waals surface area contributed by atoms with Crippen molar-refractivity contribution >= 4 is 10.0 Å². The van der Waals surface area contributed by atoms with Crippen molar-refractivity contribution in [2.45, 2.75) is 25.2 Å². The van der Waals surface area contributed by atoms with E-state index in [1.54, 1.807) is 6.92 Å². The molecule has 1 rings (SSSR count). The van der Waals surface area contributed by atoms with Crippen molar-refractivity contribution in [2.24, 2.45) is 0 Å². The number of hydrogen-bond acceptors (Lipinski definition) is 4. The Bertz CT molecular complexity index is 413. The third kappa shape index (κ3) is 3.58. The summed E-state index contributed by atoms with van der Waals surface area (Å²) in [5.74, 6) is 0. The second-order valence-electron chi connectivity index (χ2n) is 3.51. The Labute approximate surface area is 95.9 Å². The van der Waals surface area contributed by atoms with E-state index in [-0.39, 0.29) is 4.90 Å². The molecule has 0 aliphatic rings. The molecule has 3 N–H and O–H groups in total. The van der Waals surface area contributed by atoms with E-state index < -0.39 is 10.0 Å². The Morgan fingerprint density at radius 3 is 2.69 bits per heavy atom. The third-order valence-corrected chi connectivity index (χ3v) is 3.67. The van der Waals surface area contributed by atoms with Gasteiger partial charge in [-0.2, -0.15) is 5.10 Å². The monoisotopic (exact) mass is 246 g/mol. The summed E-state index contributed by atoms with van der Waals surface area (Å²) in [6, 6.07) is 0. The zero-order chi connectivity index (χ0) is 12.0. The molecule has 0 fully saturated rings. The summed E-state index contributed by atoms with van der Waals surface area (Å²) in [7, 11) is -3.42. The lowest BCUT2D eigenvalue weighted by Gasteiger charge is -2.06. The molecule has 0 spiro atoms. The van der Waals surface area contributed by atoms with Crippen LogP contribution in [0.15, 0.2) is 11.1 Å². The van der Waals surface area contributed by atoms with Crippen LogP contribution in [0.25, 0.3) is 0 Å². The number of nitrogens with zero attached hydrogens (tertiary/aromatic N) is 1. The lowest BCUT2D eigenvalue weighted by Crippen LogP contribution is -2.32. The predicted molar refractivity (Wildman–Crippen MR) is 61.7 cm³/mol. The largest absolute Gasteiger partial charge is 0.315 e. The van der Waals surface area contributed by atoms with E-state index in [1.807, 2.05) is 0 Å². The first-order chi connectivity index (χ1) is 7.58. The van der Waals surface area contributed by atoms with Gasteiger partial charge in [0.2, 0.25) is 10.0 Å². The molecule has 0 unspecified atom stereocenters. The SMILES string of the molecule is CCCNCCNS(=O)(=O)c1cn[nH]c1C. The quantitative estimate of drug-likeness (QED) is 0.591. The van der Waals surface area contributed by atoms with Gasteiger partial charge >= 0.3 is 0 Å². The number of hydrogen-bond donors (Lipinski definition) is 3. The molecule has 92 valence electrons. The van der Waals surface area contributed by atoms with Gasteiger partial charge in [0.15, 0.2) is 0 Å². The number of H-pyrrole nitrogens is 1. The summed E-state index contributed by atoms with van der Waals surface area (Å²) >= 11 is 0. The van der Waals surface area contributed by atoms with Crippen LogP contribution in [0.1, 0.15) is 19.0 Å². The van der Waals surface area contributed by atoms with Crippen LogP contribution in [0.4, 0.5) is 0 Å². The highest BCUT2D eigenvalue weighted by atomic mass is 32.2. The topological polar surface area (TPSA) is 86.9 Å². The van der Waals surface area contributed by atoms with Gasteiger partial charge in [-0.25, -0.2) is 13.1 Å². The van der Waals surface area contributed by atoms with Gasteiger partial charge in [0, 0.05) is 13.1 Å². The van der Waals surface area contributed by atoms with Crippen LogP contribution in [-0.2, 0) is 10.0 Å². The molecule has 0 aliphatic heterocycles. The maximum atomic E-state index is 11.7. The summed E-state index contributed by atoms with van der Waals surface area (Å²) in [4.78, 5) is 0.211. The van der Waals surface area contributed by atoms with Gasteiger partial charge in [0.1, 0.15) is 4.90 Å². The van der Waals surface area contributed by atoms with Gasteiger partial charge in [0.05, 0.1) is 11.9 Å². The summed E-state index contributed by atoms with van der Waals surface area (Å²) in [5, 5.41) is 9.40. The molecule has 0 radical (unpaired) electrons. The molecule has 7 heteroatoms. The maximum absolute atomic E-state index is 11.7. The molecule has 0 saturated heterocycles. The second-order valence-corrected chi connectivity index (χ2v) is 5.24. The molecule has 6 nitrogen and oxygen atoms in total. The molecule has 0 saturated carbocycles. The summed E-state index contributed by atoms with van der Waals surface area (Å²) in [6.07, 6.45) is 2.35. The van der Waals surface area contributed by atoms with E-state index in [0.29, 0.717) is 18.8 Å². The fraction of sp³-hybridized carbons (Fsp3) is 0.667. The molecule has 16 heavy (non-hydrogen) atoms. The molecule has 0 bridgehead atoms. The number of nitrogens with one attached hydrogen (secondary N) is 3. The Kier molecular flexibility index (Phi) is 4.91. The summed E-state index contributed by atoms with van der Waals surface area (Å²) in [5.41, 5.74) is 0.550. The number of sulfonamides is 1. The van der Waals surface area contributed by atoms with E-state index in [4.69, 9.17) is 0 Å². The van der Waals surface area contributed by atoms with Gasteiger partial charge in [0.25, 0.3) is 0 Å². The zero-order valence-electron chi connectivity index (χ0n) is 9.58. The van der Waals surface area contributed by atoms with E-state index in [0.717, 1.165) is 13.0 Å². The van der Waals surface area contributed by atoms with Gasteiger partial charge in [-0.15, -0.1) is 0 Å². The van der Waals surface area contributed by atoms with Crippen molar-refractivity contribution in [3.63, 3.8) is 0 Å². The zero-order valence-corrected chi connectivity index (χ0v) is 10.4. The maximum Gasteiger partial charge on any atom is 0.243 e. The minimum atomic E-state index is -3.42. The fourth-order valence-corrected chi connectivity index (χ4v) is 2.43. The van der Waals surface area contributed by atoms with Crippen molar-refractivity contribution in [3.05, 3.63) is 11.9 Å². The highest BCUT2D eigenvalue weighted by Gasteiger charge is 2.17. The average molecular weight is 246 g/mol. The molecule has 1 aromatic heterocycles. The van der Waals surface area contributed by atoms with Crippen molar-refractivity contribution in [1.82, 2.24) is 20.2 Å². The first kappa shape index (κ1) is 13.1. The molecule has 1 aromatic rings. The van der Waals surface area contributed by atoms with Gasteiger partial charge in [-0.05, 0) is 19.9 Å². The Morgan fingerprint density at radius 2 is 2.12 bits per heavy atom. The van der Waals surface area contributed by atoms with E-state index >= 15 is 0 Å². The average Bonchev–Trinajstić information content (AvgIpc) is 2.65. The van der Waals surface area contributed by atoms with Crippen LogP contribution in [-0.4, -0.2) is 38.2 Å². The smallest absolute Gasteiger partial charge is 0.243 e. The Morgan fingerprint density at radius 1 is 1.38 bits per heavy atom. The standard InChI is InChI=1S/C9H18N4O2S/c1-3-4-10-5-6-12-16(14,15)9-7-11-13-8(9)2/h7,10,12H,3-6H2,1-2H3,(H,11,13). The molecular weight excluding hydrogens is 228 g/mol. The van der Waals surface area contributed by atoms with E-state index in [9.17, 15) is 8.42 Å². The molecule has 0 atom stereocenters. The third-order valence-electron chi connectivity index (χ3n) is 2.09. The number of aryl methyl sites for hydroxylation is 1. The molecule has 0 aromatic carbocycles. The van der Waals surface area contributed by atoms with Gasteiger partial charge in [-0.3, -0.25) is 5.10 Å². The molecule has 0 aliphatic carbocycles. The highest BCUT2D eigenvalue weighted by molar-refractivity contribution is 7.89. The molecule has 1 heterocycles. The van der Waals surface area contributed by atoms with Crippen LogP contribution in [0.5, 0.6) is 0 Å². The predicted octanol–water partition coefficient (Wildman–Crippen LogP) is -0.00398. The molecule has 0 amide bonds. The number of rotatable bonds is 7. The van der Waals surface area contributed by atoms with Gasteiger partial charge in [-0.1, -0.05) is 6.92 Å². The lowest BCUT2D eigenvalue weighted by atomic mass is 10.5. The Hall–Kier alpha value is -0.920. The van der Waals surface area contributed by atoms with E-state index in [2.05, 4.69) is 27.2 Å². The summed E-state index contributed by atoms with van der Waals surface area (Å²) < 4.78 is 26.0. The van der Waals surface area contributed by atoms with Crippen LogP contribution < -0.4 is 10.0 Å². The fourth-order valence-electron chi connectivity index (χ4n) is 1.26. The van der Waals surface area contributed by atoms with E-state index in [1.165, 1.54) is 6.20 Å².